The summed E-state index contributed by atoms with van der Waals surface area (Å²) in [6.07, 6.45) is 1.43. The molecular formula is C27H23N3O5. The molecule has 4 aromatic carbocycles. The van der Waals surface area contributed by atoms with E-state index in [1.807, 2.05) is 42.5 Å². The van der Waals surface area contributed by atoms with Crippen molar-refractivity contribution in [3.63, 3.8) is 0 Å². The van der Waals surface area contributed by atoms with Gasteiger partial charge in [0.25, 0.3) is 11.8 Å². The highest BCUT2D eigenvalue weighted by molar-refractivity contribution is 6.01. The summed E-state index contributed by atoms with van der Waals surface area (Å²) in [5, 5.41) is 18.6. The minimum atomic E-state index is -0.541. The number of hydrogen-bond donors (Lipinski definition) is 3. The fourth-order valence-electron chi connectivity index (χ4n) is 3.38. The SMILES string of the molecule is COc1cc(C=NNC(=O)c2cc3ccccc3cc2O)ccc1OCC(=O)Nc1ccccc1. The van der Waals surface area contributed by atoms with E-state index < -0.39 is 5.91 Å². The maximum atomic E-state index is 12.5. The predicted molar refractivity (Wildman–Crippen MR) is 134 cm³/mol. The van der Waals surface area contributed by atoms with Gasteiger partial charge in [-0.2, -0.15) is 5.10 Å². The van der Waals surface area contributed by atoms with Gasteiger partial charge < -0.3 is 19.9 Å². The lowest BCUT2D eigenvalue weighted by molar-refractivity contribution is -0.118. The molecule has 3 N–H and O–H groups in total. The first-order valence-corrected chi connectivity index (χ1v) is 10.7. The minimum Gasteiger partial charge on any atom is -0.507 e. The van der Waals surface area contributed by atoms with Crippen LogP contribution in [0.4, 0.5) is 5.69 Å². The van der Waals surface area contributed by atoms with Gasteiger partial charge in [-0.05, 0) is 58.8 Å². The molecule has 0 fully saturated rings. The number of phenolic OH excluding ortho intramolecular Hbond substituents is 1. The Bertz CT molecular complexity index is 1390. The van der Waals surface area contributed by atoms with E-state index in [9.17, 15) is 14.7 Å². The molecule has 0 atom stereocenters. The van der Waals surface area contributed by atoms with Crippen LogP contribution in [-0.2, 0) is 4.79 Å². The Balaban J connectivity index is 1.37. The quantitative estimate of drug-likeness (QED) is 0.263. The molecule has 0 aliphatic rings. The number of carbonyl (C=O) groups is 2. The number of hydrogen-bond acceptors (Lipinski definition) is 6. The number of nitrogens with zero attached hydrogens (tertiary/aromatic N) is 1. The molecule has 0 saturated heterocycles. The van der Waals surface area contributed by atoms with Gasteiger partial charge in [-0.15, -0.1) is 0 Å². The highest BCUT2D eigenvalue weighted by Gasteiger charge is 2.12. The number of anilines is 1. The minimum absolute atomic E-state index is 0.121. The van der Waals surface area contributed by atoms with E-state index in [2.05, 4.69) is 15.8 Å². The van der Waals surface area contributed by atoms with Gasteiger partial charge in [0.1, 0.15) is 5.75 Å². The summed E-state index contributed by atoms with van der Waals surface area (Å²) in [7, 11) is 1.48. The van der Waals surface area contributed by atoms with Crippen LogP contribution in [-0.4, -0.2) is 36.9 Å². The van der Waals surface area contributed by atoms with Crippen molar-refractivity contribution in [2.24, 2.45) is 5.10 Å². The van der Waals surface area contributed by atoms with Crippen molar-refractivity contribution in [3.8, 4) is 17.2 Å². The second kappa shape index (κ2) is 10.8. The molecule has 176 valence electrons. The molecule has 35 heavy (non-hydrogen) atoms. The third-order valence-electron chi connectivity index (χ3n) is 5.09. The smallest absolute Gasteiger partial charge is 0.275 e. The molecule has 8 nitrogen and oxygen atoms in total. The molecule has 0 aliphatic carbocycles. The molecule has 4 rings (SSSR count). The number of fused-ring (bicyclic) bond motifs is 1. The fraction of sp³-hybridized carbons (Fsp3) is 0.0741. The van der Waals surface area contributed by atoms with Gasteiger partial charge >= 0.3 is 0 Å². The van der Waals surface area contributed by atoms with Crippen LogP contribution in [0.25, 0.3) is 10.8 Å². The molecule has 4 aromatic rings. The number of nitrogens with one attached hydrogen (secondary N) is 2. The highest BCUT2D eigenvalue weighted by Crippen LogP contribution is 2.28. The topological polar surface area (TPSA) is 109 Å². The molecule has 0 bridgehead atoms. The Hall–Kier alpha value is -4.85. The van der Waals surface area contributed by atoms with E-state index in [1.165, 1.54) is 19.4 Å². The lowest BCUT2D eigenvalue weighted by Crippen LogP contribution is -2.20. The largest absolute Gasteiger partial charge is 0.507 e. The van der Waals surface area contributed by atoms with Crippen molar-refractivity contribution in [1.29, 1.82) is 0 Å². The summed E-state index contributed by atoms with van der Waals surface area (Å²) in [5.41, 5.74) is 3.84. The van der Waals surface area contributed by atoms with Gasteiger partial charge in [-0.25, -0.2) is 5.43 Å². The third kappa shape index (κ3) is 5.94. The molecular weight excluding hydrogens is 446 g/mol. The fourth-order valence-corrected chi connectivity index (χ4v) is 3.38. The summed E-state index contributed by atoms with van der Waals surface area (Å²) in [5.74, 6) is -0.182. The van der Waals surface area contributed by atoms with Crippen LogP contribution in [0.2, 0.25) is 0 Å². The van der Waals surface area contributed by atoms with Gasteiger partial charge in [0, 0.05) is 5.69 Å². The second-order valence-corrected chi connectivity index (χ2v) is 7.53. The van der Waals surface area contributed by atoms with Crippen LogP contribution in [0.3, 0.4) is 0 Å². The molecule has 0 spiro atoms. The highest BCUT2D eigenvalue weighted by atomic mass is 16.5. The van der Waals surface area contributed by atoms with Gasteiger partial charge in [0.15, 0.2) is 18.1 Å². The zero-order valence-corrected chi connectivity index (χ0v) is 18.9. The number of benzene rings is 4. The number of amides is 2. The van der Waals surface area contributed by atoms with Crippen LogP contribution < -0.4 is 20.2 Å². The maximum absolute atomic E-state index is 12.5. The average molecular weight is 469 g/mol. The summed E-state index contributed by atoms with van der Waals surface area (Å²) in [4.78, 5) is 24.6. The van der Waals surface area contributed by atoms with Crippen LogP contribution in [0, 0.1) is 0 Å². The first-order valence-electron chi connectivity index (χ1n) is 10.7. The first kappa shape index (κ1) is 23.3. The zero-order valence-electron chi connectivity index (χ0n) is 18.9. The monoisotopic (exact) mass is 469 g/mol. The Morgan fingerprint density at radius 2 is 1.63 bits per heavy atom. The molecule has 0 radical (unpaired) electrons. The standard InChI is InChI=1S/C27H23N3O5/c1-34-25-13-18(11-12-24(25)35-17-26(32)29-21-9-3-2-4-10-21)16-28-30-27(33)22-14-19-7-5-6-8-20(19)15-23(22)31/h2-16,31H,17H2,1H3,(H,29,32)(H,30,33). The van der Waals surface area contributed by atoms with Crippen molar-refractivity contribution in [3.05, 3.63) is 96.1 Å². The Morgan fingerprint density at radius 1 is 0.914 bits per heavy atom. The lowest BCUT2D eigenvalue weighted by atomic mass is 10.1. The Morgan fingerprint density at radius 3 is 2.37 bits per heavy atom. The summed E-state index contributed by atoms with van der Waals surface area (Å²) < 4.78 is 10.9. The predicted octanol–water partition coefficient (Wildman–Crippen LogP) is 4.34. The molecule has 0 aliphatic heterocycles. The van der Waals surface area contributed by atoms with Crippen molar-refractivity contribution in [2.45, 2.75) is 0 Å². The Kier molecular flexibility index (Phi) is 7.22. The number of hydrazone groups is 1. The van der Waals surface area contributed by atoms with E-state index in [4.69, 9.17) is 9.47 Å². The Labute approximate surface area is 201 Å². The van der Waals surface area contributed by atoms with E-state index in [0.717, 1.165) is 10.8 Å². The molecule has 8 heteroatoms. The van der Waals surface area contributed by atoms with E-state index >= 15 is 0 Å². The van der Waals surface area contributed by atoms with E-state index in [1.54, 1.807) is 36.4 Å². The summed E-state index contributed by atoms with van der Waals surface area (Å²) >= 11 is 0. The van der Waals surface area contributed by atoms with E-state index in [0.29, 0.717) is 22.7 Å². The number of carbonyl (C=O) groups excluding carboxylic acids is 2. The summed E-state index contributed by atoms with van der Waals surface area (Å²) in [6, 6.07) is 24.7. The van der Waals surface area contributed by atoms with E-state index in [-0.39, 0.29) is 23.8 Å². The number of ether oxygens (including phenoxy) is 2. The van der Waals surface area contributed by atoms with Crippen LogP contribution in [0.5, 0.6) is 17.2 Å². The number of phenols is 1. The van der Waals surface area contributed by atoms with Crippen LogP contribution >= 0.6 is 0 Å². The number of methoxy groups -OCH3 is 1. The summed E-state index contributed by atoms with van der Waals surface area (Å²) in [6.45, 7) is -0.190. The normalized spacial score (nSPS) is 10.8. The first-order chi connectivity index (χ1) is 17.0. The molecule has 0 aromatic heterocycles. The van der Waals surface area contributed by atoms with Crippen molar-refractivity contribution < 1.29 is 24.2 Å². The van der Waals surface area contributed by atoms with Gasteiger partial charge in [0.2, 0.25) is 0 Å². The van der Waals surface area contributed by atoms with Crippen molar-refractivity contribution >= 4 is 34.5 Å². The zero-order chi connectivity index (χ0) is 24.6. The van der Waals surface area contributed by atoms with Gasteiger partial charge in [-0.3, -0.25) is 9.59 Å². The average Bonchev–Trinajstić information content (AvgIpc) is 2.87. The molecule has 2 amide bonds. The van der Waals surface area contributed by atoms with Crippen LogP contribution in [0.15, 0.2) is 90.0 Å². The number of para-hydroxylation sites is 1. The van der Waals surface area contributed by atoms with Crippen molar-refractivity contribution in [2.75, 3.05) is 19.0 Å². The van der Waals surface area contributed by atoms with Crippen LogP contribution in [0.1, 0.15) is 15.9 Å². The molecule has 0 saturated carbocycles. The van der Waals surface area contributed by atoms with Crippen molar-refractivity contribution in [1.82, 2.24) is 5.43 Å². The molecule has 0 heterocycles. The van der Waals surface area contributed by atoms with Gasteiger partial charge in [-0.1, -0.05) is 42.5 Å². The molecule has 0 unspecified atom stereocenters. The third-order valence-corrected chi connectivity index (χ3v) is 5.09. The number of rotatable bonds is 8. The van der Waals surface area contributed by atoms with Gasteiger partial charge in [0.05, 0.1) is 18.9 Å². The lowest BCUT2D eigenvalue weighted by Gasteiger charge is -2.11. The number of aromatic hydroxyl groups is 1. The second-order valence-electron chi connectivity index (χ2n) is 7.53. The maximum Gasteiger partial charge on any atom is 0.275 e.